The minimum absolute atomic E-state index is 0.0216. The number of halogens is 1. The number of benzene rings is 2. The molecule has 1 aromatic heterocycles. The molecule has 0 aliphatic rings. The number of hydrogen-bond donors (Lipinski definition) is 1. The molecule has 16 heavy (non-hydrogen) atoms. The van der Waals surface area contributed by atoms with Gasteiger partial charge in [0.2, 0.25) is 0 Å². The first-order valence-electron chi connectivity index (χ1n) is 4.99. The first-order valence-corrected chi connectivity index (χ1v) is 5.37. The van der Waals surface area contributed by atoms with Gasteiger partial charge in [-0.05, 0) is 29.8 Å². The molecule has 2 nitrogen and oxygen atoms in total. The van der Waals surface area contributed by atoms with Gasteiger partial charge >= 0.3 is 0 Å². The highest BCUT2D eigenvalue weighted by atomic mass is 35.5. The predicted octanol–water partition coefficient (Wildman–Crippen LogP) is 3.73. The molecule has 0 radical (unpaired) electrons. The highest BCUT2D eigenvalue weighted by Gasteiger charge is 2.07. The molecule has 0 unspecified atom stereocenters. The van der Waals surface area contributed by atoms with Gasteiger partial charge < -0.3 is 9.52 Å². The van der Waals surface area contributed by atoms with Crippen LogP contribution < -0.4 is 0 Å². The largest absolute Gasteiger partial charge is 0.456 e. The zero-order valence-electron chi connectivity index (χ0n) is 8.40. The Morgan fingerprint density at radius 1 is 1.00 bits per heavy atom. The molecule has 0 atom stereocenters. The predicted molar refractivity (Wildman–Crippen MR) is 64.7 cm³/mol. The van der Waals surface area contributed by atoms with Crippen LogP contribution in [0.4, 0.5) is 0 Å². The van der Waals surface area contributed by atoms with Gasteiger partial charge in [-0.25, -0.2) is 0 Å². The summed E-state index contributed by atoms with van der Waals surface area (Å²) in [4.78, 5) is 0. The van der Waals surface area contributed by atoms with Crippen LogP contribution in [0.3, 0.4) is 0 Å². The van der Waals surface area contributed by atoms with Crippen LogP contribution in [0.25, 0.3) is 21.9 Å². The highest BCUT2D eigenvalue weighted by molar-refractivity contribution is 6.31. The quantitative estimate of drug-likeness (QED) is 0.694. The normalized spacial score (nSPS) is 11.4. The minimum atomic E-state index is 0.0216. The van der Waals surface area contributed by atoms with E-state index in [4.69, 9.17) is 21.1 Å². The van der Waals surface area contributed by atoms with Gasteiger partial charge in [-0.1, -0.05) is 23.7 Å². The van der Waals surface area contributed by atoms with Gasteiger partial charge in [-0.15, -0.1) is 0 Å². The molecule has 0 aliphatic heterocycles. The van der Waals surface area contributed by atoms with Crippen molar-refractivity contribution >= 4 is 33.5 Å². The van der Waals surface area contributed by atoms with E-state index in [2.05, 4.69) is 0 Å². The molecule has 0 saturated carbocycles. The topological polar surface area (TPSA) is 33.4 Å². The summed E-state index contributed by atoms with van der Waals surface area (Å²) in [6, 6.07) is 11.2. The van der Waals surface area contributed by atoms with Gasteiger partial charge in [0.1, 0.15) is 11.2 Å². The summed E-state index contributed by atoms with van der Waals surface area (Å²) in [6.45, 7) is 0.0216. The standard InChI is InChI=1S/C13H9ClO2/c14-9-2-4-12-11(6-9)10-3-1-8(7-15)5-13(10)16-12/h1-6,15H,7H2. The lowest BCUT2D eigenvalue weighted by Gasteiger charge is -1.94. The van der Waals surface area contributed by atoms with E-state index in [1.165, 1.54) is 0 Å². The summed E-state index contributed by atoms with van der Waals surface area (Å²) >= 11 is 5.95. The Labute approximate surface area is 97.1 Å². The third kappa shape index (κ3) is 1.39. The van der Waals surface area contributed by atoms with Crippen molar-refractivity contribution in [2.24, 2.45) is 0 Å². The highest BCUT2D eigenvalue weighted by Crippen LogP contribution is 2.31. The molecule has 0 fully saturated rings. The molecule has 2 aromatic carbocycles. The average Bonchev–Trinajstić information content (AvgIpc) is 2.66. The smallest absolute Gasteiger partial charge is 0.135 e. The van der Waals surface area contributed by atoms with Gasteiger partial charge in [-0.3, -0.25) is 0 Å². The molecular formula is C13H9ClO2. The van der Waals surface area contributed by atoms with Gasteiger partial charge in [0.05, 0.1) is 6.61 Å². The van der Waals surface area contributed by atoms with Crippen LogP contribution in [0.5, 0.6) is 0 Å². The number of aliphatic hydroxyl groups excluding tert-OH is 1. The summed E-state index contributed by atoms with van der Waals surface area (Å²) in [5.74, 6) is 0. The fourth-order valence-corrected chi connectivity index (χ4v) is 2.06. The fraction of sp³-hybridized carbons (Fsp3) is 0.0769. The molecule has 80 valence electrons. The van der Waals surface area contributed by atoms with Crippen molar-refractivity contribution in [3.8, 4) is 0 Å². The molecule has 3 heteroatoms. The van der Waals surface area contributed by atoms with Crippen LogP contribution in [0.2, 0.25) is 5.02 Å². The molecule has 0 bridgehead atoms. The van der Waals surface area contributed by atoms with Gasteiger partial charge in [0, 0.05) is 15.8 Å². The lowest BCUT2D eigenvalue weighted by molar-refractivity contribution is 0.282. The van der Waals surface area contributed by atoms with E-state index in [1.54, 1.807) is 6.07 Å². The summed E-state index contributed by atoms with van der Waals surface area (Å²) in [7, 11) is 0. The molecule has 3 rings (SSSR count). The van der Waals surface area contributed by atoms with E-state index in [1.807, 2.05) is 30.3 Å². The molecule has 0 spiro atoms. The lowest BCUT2D eigenvalue weighted by Crippen LogP contribution is -1.80. The fourth-order valence-electron chi connectivity index (χ4n) is 1.89. The Bertz CT molecular complexity index is 670. The molecule has 0 saturated heterocycles. The van der Waals surface area contributed by atoms with Crippen LogP contribution in [0, 0.1) is 0 Å². The van der Waals surface area contributed by atoms with E-state index in [0.29, 0.717) is 5.02 Å². The van der Waals surface area contributed by atoms with E-state index in [0.717, 1.165) is 27.5 Å². The van der Waals surface area contributed by atoms with Gasteiger partial charge in [0.25, 0.3) is 0 Å². The van der Waals surface area contributed by atoms with Crippen molar-refractivity contribution in [1.82, 2.24) is 0 Å². The van der Waals surface area contributed by atoms with Gasteiger partial charge in [-0.2, -0.15) is 0 Å². The number of aliphatic hydroxyl groups is 1. The van der Waals surface area contributed by atoms with E-state index in [-0.39, 0.29) is 6.61 Å². The zero-order valence-corrected chi connectivity index (χ0v) is 9.16. The summed E-state index contributed by atoms with van der Waals surface area (Å²) in [5.41, 5.74) is 2.44. The lowest BCUT2D eigenvalue weighted by atomic mass is 10.1. The zero-order chi connectivity index (χ0) is 11.1. The number of furan rings is 1. The molecular weight excluding hydrogens is 224 g/mol. The minimum Gasteiger partial charge on any atom is -0.456 e. The van der Waals surface area contributed by atoms with Crippen LogP contribution in [0.1, 0.15) is 5.56 Å². The number of fused-ring (bicyclic) bond motifs is 3. The Morgan fingerprint density at radius 3 is 2.69 bits per heavy atom. The second-order valence-corrected chi connectivity index (χ2v) is 4.17. The van der Waals surface area contributed by atoms with E-state index in [9.17, 15) is 0 Å². The van der Waals surface area contributed by atoms with Crippen LogP contribution in [0.15, 0.2) is 40.8 Å². The second-order valence-electron chi connectivity index (χ2n) is 3.73. The van der Waals surface area contributed by atoms with Crippen molar-refractivity contribution in [3.63, 3.8) is 0 Å². The van der Waals surface area contributed by atoms with Crippen molar-refractivity contribution in [1.29, 1.82) is 0 Å². The molecule has 0 amide bonds. The van der Waals surface area contributed by atoms with E-state index >= 15 is 0 Å². The molecule has 1 heterocycles. The maximum atomic E-state index is 9.05. The summed E-state index contributed by atoms with van der Waals surface area (Å²) in [5, 5.41) is 11.8. The summed E-state index contributed by atoms with van der Waals surface area (Å²) in [6.07, 6.45) is 0. The molecule has 3 aromatic rings. The number of rotatable bonds is 1. The second kappa shape index (κ2) is 3.51. The monoisotopic (exact) mass is 232 g/mol. The van der Waals surface area contributed by atoms with Crippen LogP contribution in [-0.2, 0) is 6.61 Å². The SMILES string of the molecule is OCc1ccc2c(c1)oc1ccc(Cl)cc12. The Hall–Kier alpha value is -1.51. The van der Waals surface area contributed by atoms with Crippen molar-refractivity contribution < 1.29 is 9.52 Å². The first-order chi connectivity index (χ1) is 7.78. The van der Waals surface area contributed by atoms with E-state index < -0.39 is 0 Å². The average molecular weight is 233 g/mol. The molecule has 1 N–H and O–H groups in total. The summed E-state index contributed by atoms with van der Waals surface area (Å²) < 4.78 is 5.68. The molecule has 0 aliphatic carbocycles. The third-order valence-electron chi connectivity index (χ3n) is 2.68. The van der Waals surface area contributed by atoms with Crippen molar-refractivity contribution in [3.05, 3.63) is 47.0 Å². The third-order valence-corrected chi connectivity index (χ3v) is 2.92. The Balaban J connectivity index is 2.41. The van der Waals surface area contributed by atoms with Crippen LogP contribution >= 0.6 is 11.6 Å². The Kier molecular flexibility index (Phi) is 2.13. The Morgan fingerprint density at radius 2 is 1.88 bits per heavy atom. The maximum absolute atomic E-state index is 9.05. The maximum Gasteiger partial charge on any atom is 0.135 e. The van der Waals surface area contributed by atoms with Gasteiger partial charge in [0.15, 0.2) is 0 Å². The van der Waals surface area contributed by atoms with Crippen molar-refractivity contribution in [2.45, 2.75) is 6.61 Å². The van der Waals surface area contributed by atoms with Crippen LogP contribution in [-0.4, -0.2) is 5.11 Å². The van der Waals surface area contributed by atoms with Crippen molar-refractivity contribution in [2.75, 3.05) is 0 Å². The number of hydrogen-bond acceptors (Lipinski definition) is 2. The first kappa shape index (κ1) is 9.70.